The van der Waals surface area contributed by atoms with Crippen molar-refractivity contribution in [1.82, 2.24) is 24.4 Å². The van der Waals surface area contributed by atoms with E-state index in [1.165, 1.54) is 5.56 Å². The highest BCUT2D eigenvalue weighted by atomic mass is 79.9. The third-order valence-electron chi connectivity index (χ3n) is 5.64. The number of nitrogen functional groups attached to an aromatic ring is 1. The van der Waals surface area contributed by atoms with Gasteiger partial charge in [-0.25, -0.2) is 4.98 Å². The zero-order valence-corrected chi connectivity index (χ0v) is 18.8. The molecule has 154 valence electrons. The minimum absolute atomic E-state index is 0.309. The quantitative estimate of drug-likeness (QED) is 0.632. The molecule has 4 heterocycles. The Morgan fingerprint density at radius 1 is 1.17 bits per heavy atom. The summed E-state index contributed by atoms with van der Waals surface area (Å²) in [6.07, 6.45) is 5.05. The first kappa shape index (κ1) is 20.3. The summed E-state index contributed by atoms with van der Waals surface area (Å²) in [6.45, 7) is 11.4. The predicted octanol–water partition coefficient (Wildman–Crippen LogP) is 3.02. The fraction of sp³-hybridized carbons (Fsp3) is 0.476. The largest absolute Gasteiger partial charge is 0.379 e. The van der Waals surface area contributed by atoms with E-state index in [2.05, 4.69) is 60.4 Å². The van der Waals surface area contributed by atoms with Crippen LogP contribution in [0.25, 0.3) is 11.0 Å². The molecule has 3 aromatic heterocycles. The number of nitrogens with two attached hydrogens (primary N) is 1. The minimum atomic E-state index is 0.309. The topological polar surface area (TPSA) is 82.1 Å². The molecule has 29 heavy (non-hydrogen) atoms. The van der Waals surface area contributed by atoms with Crippen LogP contribution in [0.15, 0.2) is 16.9 Å². The maximum absolute atomic E-state index is 5.98. The second kappa shape index (κ2) is 8.38. The van der Waals surface area contributed by atoms with E-state index in [1.54, 1.807) is 0 Å². The van der Waals surface area contributed by atoms with Crippen molar-refractivity contribution in [3.8, 4) is 0 Å². The summed E-state index contributed by atoms with van der Waals surface area (Å²) in [5.41, 5.74) is 12.4. The van der Waals surface area contributed by atoms with Gasteiger partial charge < -0.3 is 15.0 Å². The van der Waals surface area contributed by atoms with E-state index in [0.717, 1.165) is 77.3 Å². The van der Waals surface area contributed by atoms with Gasteiger partial charge in [0, 0.05) is 41.9 Å². The van der Waals surface area contributed by atoms with Crippen molar-refractivity contribution in [2.75, 3.05) is 38.6 Å². The lowest BCUT2D eigenvalue weighted by atomic mass is 10.1. The maximum atomic E-state index is 5.98. The van der Waals surface area contributed by atoms with Gasteiger partial charge in [0.05, 0.1) is 31.1 Å². The number of hydrogen-bond acceptors (Lipinski definition) is 6. The number of ether oxygens (including phenoxy) is 1. The molecule has 1 saturated heterocycles. The van der Waals surface area contributed by atoms with Gasteiger partial charge in [0.15, 0.2) is 0 Å². The molecule has 0 aromatic carbocycles. The molecular formula is C21H27BrN6O. The van der Waals surface area contributed by atoms with Crippen LogP contribution in [-0.4, -0.2) is 57.3 Å². The molecule has 1 aliphatic rings. The molecule has 0 saturated carbocycles. The number of fused-ring (bicyclic) bond motifs is 1. The van der Waals surface area contributed by atoms with E-state index in [9.17, 15) is 0 Å². The lowest BCUT2D eigenvalue weighted by Crippen LogP contribution is -2.37. The summed E-state index contributed by atoms with van der Waals surface area (Å²) in [7, 11) is 0. The molecule has 0 spiro atoms. The number of halogens is 1. The molecular weight excluding hydrogens is 432 g/mol. The Bertz CT molecular complexity index is 1040. The standard InChI is InChI=1S/C21H27BrN6O/c1-13-10-24-17(14(2)19(13)22)12-28-11-16(4-5-27-6-8-29-9-7-27)18-15(3)25-21(23)26-20(18)28/h10-11H,4-9,12H2,1-3H3,(H2,23,25,26). The number of anilines is 1. The summed E-state index contributed by atoms with van der Waals surface area (Å²) in [5, 5.41) is 1.11. The third-order valence-corrected chi connectivity index (χ3v) is 6.86. The Morgan fingerprint density at radius 2 is 1.93 bits per heavy atom. The Hall–Kier alpha value is -2.03. The molecule has 1 aliphatic heterocycles. The monoisotopic (exact) mass is 458 g/mol. The van der Waals surface area contributed by atoms with Gasteiger partial charge in [-0.05, 0) is 43.9 Å². The van der Waals surface area contributed by atoms with Crippen molar-refractivity contribution in [2.45, 2.75) is 33.7 Å². The Morgan fingerprint density at radius 3 is 2.69 bits per heavy atom. The number of hydrogen-bond donors (Lipinski definition) is 1. The van der Waals surface area contributed by atoms with Crippen molar-refractivity contribution in [3.05, 3.63) is 44.9 Å². The van der Waals surface area contributed by atoms with Crippen LogP contribution in [0.2, 0.25) is 0 Å². The van der Waals surface area contributed by atoms with Gasteiger partial charge in [-0.2, -0.15) is 4.98 Å². The van der Waals surface area contributed by atoms with Crippen LogP contribution in [0.1, 0.15) is 28.1 Å². The molecule has 4 rings (SSSR count). The van der Waals surface area contributed by atoms with Crippen LogP contribution in [-0.2, 0) is 17.7 Å². The van der Waals surface area contributed by atoms with Crippen molar-refractivity contribution in [2.24, 2.45) is 0 Å². The summed E-state index contributed by atoms with van der Waals surface area (Å²) >= 11 is 3.68. The molecule has 2 N–H and O–H groups in total. The van der Waals surface area contributed by atoms with Crippen LogP contribution in [0.3, 0.4) is 0 Å². The van der Waals surface area contributed by atoms with Gasteiger partial charge in [-0.1, -0.05) is 15.9 Å². The molecule has 0 radical (unpaired) electrons. The van der Waals surface area contributed by atoms with E-state index in [-0.39, 0.29) is 0 Å². The Labute approximate surface area is 179 Å². The molecule has 0 atom stereocenters. The van der Waals surface area contributed by atoms with E-state index >= 15 is 0 Å². The average Bonchev–Trinajstić information content (AvgIpc) is 3.05. The molecule has 1 fully saturated rings. The second-order valence-corrected chi connectivity index (χ2v) is 8.47. The van der Waals surface area contributed by atoms with Crippen molar-refractivity contribution >= 4 is 32.9 Å². The van der Waals surface area contributed by atoms with Gasteiger partial charge in [-0.3, -0.25) is 9.88 Å². The van der Waals surface area contributed by atoms with Gasteiger partial charge in [-0.15, -0.1) is 0 Å². The number of pyridine rings is 1. The number of nitrogens with zero attached hydrogens (tertiary/aromatic N) is 5. The Balaban J connectivity index is 1.69. The normalized spacial score (nSPS) is 15.3. The molecule has 0 bridgehead atoms. The number of morpholine rings is 1. The number of aromatic nitrogens is 4. The summed E-state index contributed by atoms with van der Waals surface area (Å²) in [6, 6.07) is 0. The van der Waals surface area contributed by atoms with Crippen LogP contribution >= 0.6 is 15.9 Å². The zero-order valence-electron chi connectivity index (χ0n) is 17.2. The van der Waals surface area contributed by atoms with E-state index in [1.807, 2.05) is 13.1 Å². The first-order valence-electron chi connectivity index (χ1n) is 9.96. The van der Waals surface area contributed by atoms with Crippen molar-refractivity contribution in [1.29, 1.82) is 0 Å². The van der Waals surface area contributed by atoms with Crippen molar-refractivity contribution < 1.29 is 4.74 Å². The molecule has 7 nitrogen and oxygen atoms in total. The van der Waals surface area contributed by atoms with Crippen LogP contribution in [0.4, 0.5) is 5.95 Å². The Kier molecular flexibility index (Phi) is 5.85. The van der Waals surface area contributed by atoms with Crippen molar-refractivity contribution in [3.63, 3.8) is 0 Å². The third kappa shape index (κ3) is 4.15. The summed E-state index contributed by atoms with van der Waals surface area (Å²) < 4.78 is 8.73. The summed E-state index contributed by atoms with van der Waals surface area (Å²) in [5.74, 6) is 0.309. The summed E-state index contributed by atoms with van der Waals surface area (Å²) in [4.78, 5) is 16.1. The molecule has 0 amide bonds. The van der Waals surface area contributed by atoms with Gasteiger partial charge in [0.25, 0.3) is 0 Å². The van der Waals surface area contributed by atoms with E-state index < -0.39 is 0 Å². The second-order valence-electron chi connectivity index (χ2n) is 7.68. The van der Waals surface area contributed by atoms with Gasteiger partial charge in [0.1, 0.15) is 5.65 Å². The highest BCUT2D eigenvalue weighted by Gasteiger charge is 2.18. The highest BCUT2D eigenvalue weighted by Crippen LogP contribution is 2.27. The molecule has 3 aromatic rings. The van der Waals surface area contributed by atoms with Crippen LogP contribution in [0.5, 0.6) is 0 Å². The molecule has 8 heteroatoms. The van der Waals surface area contributed by atoms with Crippen LogP contribution < -0.4 is 5.73 Å². The van der Waals surface area contributed by atoms with Gasteiger partial charge >= 0.3 is 0 Å². The maximum Gasteiger partial charge on any atom is 0.222 e. The molecule has 0 unspecified atom stereocenters. The minimum Gasteiger partial charge on any atom is -0.379 e. The fourth-order valence-corrected chi connectivity index (χ4v) is 4.29. The number of rotatable bonds is 5. The smallest absolute Gasteiger partial charge is 0.222 e. The highest BCUT2D eigenvalue weighted by molar-refractivity contribution is 9.10. The van der Waals surface area contributed by atoms with Crippen LogP contribution in [0, 0.1) is 20.8 Å². The predicted molar refractivity (Wildman–Crippen MR) is 118 cm³/mol. The average molecular weight is 459 g/mol. The van der Waals surface area contributed by atoms with Gasteiger partial charge in [0.2, 0.25) is 5.95 Å². The SMILES string of the molecule is Cc1cnc(Cn2cc(CCN3CCOCC3)c3c(C)nc(N)nc32)c(C)c1Br. The zero-order chi connectivity index (χ0) is 20.5. The van der Waals surface area contributed by atoms with E-state index in [4.69, 9.17) is 10.5 Å². The lowest BCUT2D eigenvalue weighted by molar-refractivity contribution is 0.0385. The van der Waals surface area contributed by atoms with E-state index in [0.29, 0.717) is 12.5 Å². The number of aryl methyl sites for hydroxylation is 2. The molecule has 0 aliphatic carbocycles. The fourth-order valence-electron chi connectivity index (χ4n) is 3.96. The first-order valence-corrected chi connectivity index (χ1v) is 10.8. The first-order chi connectivity index (χ1) is 13.9. The lowest BCUT2D eigenvalue weighted by Gasteiger charge is -2.26.